The van der Waals surface area contributed by atoms with E-state index in [0.29, 0.717) is 0 Å². The van der Waals surface area contributed by atoms with Gasteiger partial charge >= 0.3 is 5.97 Å². The van der Waals surface area contributed by atoms with E-state index in [0.717, 1.165) is 6.42 Å². The minimum absolute atomic E-state index is 0.137. The average Bonchev–Trinajstić information content (AvgIpc) is 2.82. The quantitative estimate of drug-likeness (QED) is 0.749. The van der Waals surface area contributed by atoms with Crippen LogP contribution in [-0.2, 0) is 4.79 Å². The van der Waals surface area contributed by atoms with E-state index in [1.54, 1.807) is 0 Å². The van der Waals surface area contributed by atoms with Crippen molar-refractivity contribution in [3.63, 3.8) is 0 Å². The van der Waals surface area contributed by atoms with Crippen LogP contribution in [0.4, 0.5) is 0 Å². The number of rotatable bonds is 2. The largest absolute Gasteiger partial charge is 0.481 e. The van der Waals surface area contributed by atoms with Crippen molar-refractivity contribution in [2.45, 2.75) is 19.3 Å². The Kier molecular flexibility index (Phi) is 1.83. The topological polar surface area (TPSA) is 37.3 Å². The second kappa shape index (κ2) is 2.87. The second-order valence-corrected chi connectivity index (χ2v) is 3.70. The first-order valence-corrected chi connectivity index (χ1v) is 4.48. The summed E-state index contributed by atoms with van der Waals surface area (Å²) in [5.74, 6) is -0.536. The summed E-state index contributed by atoms with van der Waals surface area (Å²) in [7, 11) is 0. The van der Waals surface area contributed by atoms with Gasteiger partial charge in [0.05, 0.1) is 5.92 Å². The Morgan fingerprint density at radius 3 is 2.85 bits per heavy atom. The van der Waals surface area contributed by atoms with Gasteiger partial charge < -0.3 is 5.11 Å². The van der Waals surface area contributed by atoms with Crippen LogP contribution in [0, 0.1) is 12.8 Å². The van der Waals surface area contributed by atoms with Crippen LogP contribution in [0.25, 0.3) is 0 Å². The lowest BCUT2D eigenvalue weighted by Gasteiger charge is -1.99. The fraction of sp³-hybridized carbons (Fsp3) is 0.364. The van der Waals surface area contributed by atoms with Crippen molar-refractivity contribution in [1.29, 1.82) is 0 Å². The van der Waals surface area contributed by atoms with Gasteiger partial charge in [-0.25, -0.2) is 0 Å². The summed E-state index contributed by atoms with van der Waals surface area (Å²) < 4.78 is 0. The molecule has 0 spiro atoms. The number of aryl methyl sites for hydroxylation is 1. The van der Waals surface area contributed by atoms with Crippen LogP contribution in [0.1, 0.15) is 23.5 Å². The Labute approximate surface area is 77.2 Å². The Morgan fingerprint density at radius 2 is 2.31 bits per heavy atom. The van der Waals surface area contributed by atoms with Crippen LogP contribution in [0.5, 0.6) is 0 Å². The van der Waals surface area contributed by atoms with Gasteiger partial charge in [-0.05, 0) is 24.8 Å². The van der Waals surface area contributed by atoms with Gasteiger partial charge in [0, 0.05) is 0 Å². The summed E-state index contributed by atoms with van der Waals surface area (Å²) in [5, 5.41) is 8.75. The molecule has 2 nitrogen and oxygen atoms in total. The Balaban J connectivity index is 2.16. The predicted molar refractivity (Wildman–Crippen MR) is 49.7 cm³/mol. The molecular formula is C11H12O2. The molecule has 1 aliphatic rings. The predicted octanol–water partition coefficient (Wildman–Crippen LogP) is 2.18. The van der Waals surface area contributed by atoms with Gasteiger partial charge in [0.1, 0.15) is 0 Å². The van der Waals surface area contributed by atoms with E-state index < -0.39 is 5.97 Å². The molecule has 1 aliphatic carbocycles. The van der Waals surface area contributed by atoms with E-state index in [1.165, 1.54) is 11.1 Å². The van der Waals surface area contributed by atoms with Gasteiger partial charge in [-0.2, -0.15) is 0 Å². The first-order chi connectivity index (χ1) is 6.18. The highest BCUT2D eigenvalue weighted by molar-refractivity contribution is 5.75. The molecule has 2 atom stereocenters. The number of aliphatic carboxylic acids is 1. The van der Waals surface area contributed by atoms with Crippen LogP contribution in [-0.4, -0.2) is 11.1 Å². The number of carboxylic acids is 1. The molecule has 1 N–H and O–H groups in total. The molecule has 68 valence electrons. The molecule has 1 saturated carbocycles. The maximum absolute atomic E-state index is 10.6. The molecule has 0 radical (unpaired) electrons. The third-order valence-electron chi connectivity index (χ3n) is 2.58. The highest BCUT2D eigenvalue weighted by Crippen LogP contribution is 2.47. The summed E-state index contributed by atoms with van der Waals surface area (Å²) in [6.07, 6.45) is 0.804. The van der Waals surface area contributed by atoms with Crippen molar-refractivity contribution in [1.82, 2.24) is 0 Å². The molecule has 1 aromatic carbocycles. The highest BCUT2D eigenvalue weighted by Gasteiger charge is 2.43. The van der Waals surface area contributed by atoms with Gasteiger partial charge in [-0.3, -0.25) is 4.79 Å². The van der Waals surface area contributed by atoms with Gasteiger partial charge in [0.25, 0.3) is 0 Å². The summed E-state index contributed by atoms with van der Waals surface area (Å²) in [5.41, 5.74) is 2.38. The smallest absolute Gasteiger partial charge is 0.307 e. The summed E-state index contributed by atoms with van der Waals surface area (Å²) >= 11 is 0. The van der Waals surface area contributed by atoms with Gasteiger partial charge in [0.15, 0.2) is 0 Å². The average molecular weight is 176 g/mol. The van der Waals surface area contributed by atoms with E-state index in [4.69, 9.17) is 5.11 Å². The molecule has 1 aromatic rings. The molecule has 13 heavy (non-hydrogen) atoms. The van der Waals surface area contributed by atoms with Crippen LogP contribution < -0.4 is 0 Å². The van der Waals surface area contributed by atoms with Crippen molar-refractivity contribution < 1.29 is 9.90 Å². The molecular weight excluding hydrogens is 164 g/mol. The molecule has 0 aromatic heterocycles. The molecule has 0 unspecified atom stereocenters. The lowest BCUT2D eigenvalue weighted by molar-refractivity contribution is -0.138. The summed E-state index contributed by atoms with van der Waals surface area (Å²) in [6, 6.07) is 8.11. The van der Waals surface area contributed by atoms with E-state index in [-0.39, 0.29) is 11.8 Å². The Morgan fingerprint density at radius 1 is 1.54 bits per heavy atom. The molecule has 0 amide bonds. The lowest BCUT2D eigenvalue weighted by atomic mass is 10.1. The molecule has 2 heteroatoms. The third kappa shape index (κ3) is 1.57. The molecule has 0 bridgehead atoms. The van der Waals surface area contributed by atoms with Crippen molar-refractivity contribution in [2.75, 3.05) is 0 Å². The van der Waals surface area contributed by atoms with E-state index in [9.17, 15) is 4.79 Å². The van der Waals surface area contributed by atoms with E-state index >= 15 is 0 Å². The zero-order valence-electron chi connectivity index (χ0n) is 7.53. The zero-order valence-corrected chi connectivity index (χ0v) is 7.53. The summed E-state index contributed by atoms with van der Waals surface area (Å²) in [4.78, 5) is 10.6. The minimum Gasteiger partial charge on any atom is -0.481 e. The Hall–Kier alpha value is -1.31. The molecule has 2 rings (SSSR count). The first-order valence-electron chi connectivity index (χ1n) is 4.48. The van der Waals surface area contributed by atoms with Crippen molar-refractivity contribution in [2.24, 2.45) is 5.92 Å². The molecule has 0 saturated heterocycles. The summed E-state index contributed by atoms with van der Waals surface area (Å²) in [6.45, 7) is 2.03. The normalized spacial score (nSPS) is 25.6. The zero-order chi connectivity index (χ0) is 9.42. The van der Waals surface area contributed by atoms with Gasteiger partial charge in [0.2, 0.25) is 0 Å². The standard InChI is InChI=1S/C11H12O2/c1-7-3-2-4-8(5-7)9-6-10(9)11(12)13/h2-5,9-10H,6H2,1H3,(H,12,13)/t9-,10-/m1/s1. The fourth-order valence-electron chi connectivity index (χ4n) is 1.74. The molecule has 1 fully saturated rings. The Bertz CT molecular complexity index is 344. The first kappa shape index (κ1) is 8.30. The monoisotopic (exact) mass is 176 g/mol. The maximum Gasteiger partial charge on any atom is 0.307 e. The number of hydrogen-bond donors (Lipinski definition) is 1. The van der Waals surface area contributed by atoms with Crippen molar-refractivity contribution in [3.05, 3.63) is 35.4 Å². The number of benzene rings is 1. The number of hydrogen-bond acceptors (Lipinski definition) is 1. The minimum atomic E-state index is -0.661. The van der Waals surface area contributed by atoms with E-state index in [1.807, 2.05) is 25.1 Å². The number of carboxylic acid groups (broad SMARTS) is 1. The van der Waals surface area contributed by atoms with E-state index in [2.05, 4.69) is 6.07 Å². The SMILES string of the molecule is Cc1cccc([C@H]2C[C@H]2C(=O)O)c1. The van der Waals surface area contributed by atoms with Crippen molar-refractivity contribution >= 4 is 5.97 Å². The van der Waals surface area contributed by atoms with Crippen molar-refractivity contribution in [3.8, 4) is 0 Å². The number of carbonyl (C=O) groups is 1. The maximum atomic E-state index is 10.6. The lowest BCUT2D eigenvalue weighted by Crippen LogP contribution is -1.98. The van der Waals surface area contributed by atoms with Crippen LogP contribution in [0.2, 0.25) is 0 Å². The molecule has 0 aliphatic heterocycles. The van der Waals surface area contributed by atoms with Crippen LogP contribution in [0.3, 0.4) is 0 Å². The third-order valence-corrected chi connectivity index (χ3v) is 2.58. The van der Waals surface area contributed by atoms with Crippen LogP contribution in [0.15, 0.2) is 24.3 Å². The van der Waals surface area contributed by atoms with Gasteiger partial charge in [-0.15, -0.1) is 0 Å². The highest BCUT2D eigenvalue weighted by atomic mass is 16.4. The van der Waals surface area contributed by atoms with Gasteiger partial charge in [-0.1, -0.05) is 29.8 Å². The van der Waals surface area contributed by atoms with Crippen LogP contribution >= 0.6 is 0 Å². The fourth-order valence-corrected chi connectivity index (χ4v) is 1.74. The second-order valence-electron chi connectivity index (χ2n) is 3.70. The molecule has 0 heterocycles.